The fourth-order valence-corrected chi connectivity index (χ4v) is 0.721. The van der Waals surface area contributed by atoms with Crippen LogP contribution in [0.1, 0.15) is 13.3 Å². The van der Waals surface area contributed by atoms with Crippen LogP contribution in [-0.2, 0) is 4.79 Å². The molecule has 5 heteroatoms. The van der Waals surface area contributed by atoms with Gasteiger partial charge in [-0.15, -0.1) is 0 Å². The number of carbonyl (C=O) groups is 1. The van der Waals surface area contributed by atoms with Crippen LogP contribution in [0.3, 0.4) is 0 Å². The molecule has 0 aliphatic carbocycles. The van der Waals surface area contributed by atoms with Gasteiger partial charge in [-0.2, -0.15) is 5.26 Å². The molecule has 14 heavy (non-hydrogen) atoms. The van der Waals surface area contributed by atoms with Crippen molar-refractivity contribution in [1.29, 1.82) is 5.26 Å². The van der Waals surface area contributed by atoms with Crippen LogP contribution in [0.2, 0.25) is 0 Å². The number of nitrogens with one attached hydrogen (secondary N) is 2. The Balaban J connectivity index is 4.06. The number of nitriles is 1. The summed E-state index contributed by atoms with van der Waals surface area (Å²) in [6.07, 6.45) is 2.13. The maximum absolute atomic E-state index is 11.2. The summed E-state index contributed by atoms with van der Waals surface area (Å²) < 4.78 is 0. The molecule has 0 saturated heterocycles. The van der Waals surface area contributed by atoms with Gasteiger partial charge in [0.1, 0.15) is 11.6 Å². The molecule has 0 spiro atoms. The van der Waals surface area contributed by atoms with Crippen LogP contribution >= 0.6 is 0 Å². The van der Waals surface area contributed by atoms with Crippen molar-refractivity contribution in [1.82, 2.24) is 10.6 Å². The van der Waals surface area contributed by atoms with Gasteiger partial charge in [0.05, 0.1) is 6.61 Å². The summed E-state index contributed by atoms with van der Waals surface area (Å²) in [5, 5.41) is 22.3. The molecule has 78 valence electrons. The standard InChI is InChI=1S/C9H15N3O2/c1-2-3-12-9(14)8(6-10)7-11-4-5-13/h7,11,13H,2-5H2,1H3,(H,12,14)/b8-7-. The number of rotatable bonds is 6. The van der Waals surface area contributed by atoms with E-state index >= 15 is 0 Å². The predicted molar refractivity (Wildman–Crippen MR) is 52.1 cm³/mol. The maximum Gasteiger partial charge on any atom is 0.263 e. The minimum Gasteiger partial charge on any atom is -0.395 e. The highest BCUT2D eigenvalue weighted by Crippen LogP contribution is 1.89. The average molecular weight is 197 g/mol. The molecule has 0 unspecified atom stereocenters. The summed E-state index contributed by atoms with van der Waals surface area (Å²) in [5.74, 6) is -0.389. The molecule has 3 N–H and O–H groups in total. The molecule has 1 amide bonds. The summed E-state index contributed by atoms with van der Waals surface area (Å²) in [6, 6.07) is 1.77. The SMILES string of the molecule is CCCNC(=O)/C(C#N)=C\NCCO. The van der Waals surface area contributed by atoms with Crippen molar-refractivity contribution >= 4 is 5.91 Å². The van der Waals surface area contributed by atoms with Gasteiger partial charge in [0, 0.05) is 19.3 Å². The third kappa shape index (κ3) is 5.17. The number of aliphatic hydroxyl groups is 1. The van der Waals surface area contributed by atoms with E-state index in [1.54, 1.807) is 6.07 Å². The van der Waals surface area contributed by atoms with Gasteiger partial charge in [0.25, 0.3) is 5.91 Å². The van der Waals surface area contributed by atoms with Crippen molar-refractivity contribution in [2.45, 2.75) is 13.3 Å². The van der Waals surface area contributed by atoms with E-state index in [1.807, 2.05) is 6.92 Å². The monoisotopic (exact) mass is 197 g/mol. The van der Waals surface area contributed by atoms with Gasteiger partial charge in [-0.05, 0) is 6.42 Å². The number of nitrogens with zero attached hydrogens (tertiary/aromatic N) is 1. The van der Waals surface area contributed by atoms with Gasteiger partial charge >= 0.3 is 0 Å². The zero-order valence-electron chi connectivity index (χ0n) is 8.21. The quantitative estimate of drug-likeness (QED) is 0.304. The van der Waals surface area contributed by atoms with E-state index in [-0.39, 0.29) is 18.1 Å². The molecule has 0 aliphatic heterocycles. The molecule has 0 fully saturated rings. The second-order valence-corrected chi connectivity index (χ2v) is 2.60. The third-order valence-electron chi connectivity index (χ3n) is 1.40. The largest absolute Gasteiger partial charge is 0.395 e. The zero-order valence-corrected chi connectivity index (χ0v) is 8.21. The minimum atomic E-state index is -0.389. The first-order chi connectivity index (χ1) is 6.76. The van der Waals surface area contributed by atoms with Gasteiger partial charge in [-0.25, -0.2) is 0 Å². The molecule has 0 saturated carbocycles. The van der Waals surface area contributed by atoms with Crippen molar-refractivity contribution in [3.8, 4) is 6.07 Å². The fraction of sp³-hybridized carbons (Fsp3) is 0.556. The molecule has 0 aromatic rings. The van der Waals surface area contributed by atoms with Gasteiger partial charge in [0.2, 0.25) is 0 Å². The van der Waals surface area contributed by atoms with Gasteiger partial charge in [-0.3, -0.25) is 4.79 Å². The molecule has 0 aromatic heterocycles. The van der Waals surface area contributed by atoms with E-state index in [1.165, 1.54) is 6.20 Å². The molecule has 0 heterocycles. The van der Waals surface area contributed by atoms with Gasteiger partial charge < -0.3 is 15.7 Å². The number of carbonyl (C=O) groups excluding carboxylic acids is 1. The molecule has 0 aromatic carbocycles. The Hall–Kier alpha value is -1.54. The summed E-state index contributed by atoms with van der Waals surface area (Å²) in [4.78, 5) is 11.2. The Kier molecular flexibility index (Phi) is 7.19. The smallest absolute Gasteiger partial charge is 0.263 e. The summed E-state index contributed by atoms with van der Waals surface area (Å²) in [7, 11) is 0. The molecular formula is C9H15N3O2. The van der Waals surface area contributed by atoms with Gasteiger partial charge in [-0.1, -0.05) is 6.92 Å². The molecule has 0 aliphatic rings. The molecular weight excluding hydrogens is 182 g/mol. The highest BCUT2D eigenvalue weighted by Gasteiger charge is 2.06. The van der Waals surface area contributed by atoms with E-state index in [9.17, 15) is 4.79 Å². The molecule has 5 nitrogen and oxygen atoms in total. The Morgan fingerprint density at radius 1 is 1.57 bits per heavy atom. The first-order valence-electron chi connectivity index (χ1n) is 4.49. The highest BCUT2D eigenvalue weighted by molar-refractivity contribution is 5.97. The average Bonchev–Trinajstić information content (AvgIpc) is 2.21. The molecule has 0 bridgehead atoms. The van der Waals surface area contributed by atoms with Crippen LogP contribution < -0.4 is 10.6 Å². The maximum atomic E-state index is 11.2. The zero-order chi connectivity index (χ0) is 10.8. The minimum absolute atomic E-state index is 0.0203. The van der Waals surface area contributed by atoms with Crippen molar-refractivity contribution in [2.24, 2.45) is 0 Å². The Morgan fingerprint density at radius 2 is 2.29 bits per heavy atom. The first kappa shape index (κ1) is 12.5. The van der Waals surface area contributed by atoms with E-state index in [0.717, 1.165) is 6.42 Å². The lowest BCUT2D eigenvalue weighted by Crippen LogP contribution is -2.26. The number of aliphatic hydroxyl groups excluding tert-OH is 1. The summed E-state index contributed by atoms with van der Waals surface area (Å²) >= 11 is 0. The van der Waals surface area contributed by atoms with Crippen molar-refractivity contribution in [3.05, 3.63) is 11.8 Å². The predicted octanol–water partition coefficient (Wildman–Crippen LogP) is -0.498. The molecule has 0 atom stereocenters. The summed E-state index contributed by atoms with van der Waals surface area (Å²) in [5.41, 5.74) is 0.0203. The molecule has 0 rings (SSSR count). The number of amides is 1. The number of hydrogen-bond donors (Lipinski definition) is 3. The topological polar surface area (TPSA) is 85.2 Å². The van der Waals surface area contributed by atoms with Gasteiger partial charge in [0.15, 0.2) is 0 Å². The van der Waals surface area contributed by atoms with E-state index in [4.69, 9.17) is 10.4 Å². The van der Waals surface area contributed by atoms with Crippen molar-refractivity contribution in [2.75, 3.05) is 19.7 Å². The van der Waals surface area contributed by atoms with E-state index < -0.39 is 0 Å². The Bertz CT molecular complexity index is 243. The van der Waals surface area contributed by atoms with E-state index in [0.29, 0.717) is 13.1 Å². The van der Waals surface area contributed by atoms with Crippen LogP contribution in [0.15, 0.2) is 11.8 Å². The first-order valence-corrected chi connectivity index (χ1v) is 4.49. The van der Waals surface area contributed by atoms with Crippen LogP contribution in [0.25, 0.3) is 0 Å². The summed E-state index contributed by atoms with van der Waals surface area (Å²) in [6.45, 7) is 2.77. The Morgan fingerprint density at radius 3 is 2.79 bits per heavy atom. The fourth-order valence-electron chi connectivity index (χ4n) is 0.721. The Labute approximate surface area is 83.4 Å². The van der Waals surface area contributed by atoms with Crippen LogP contribution in [-0.4, -0.2) is 30.7 Å². The lowest BCUT2D eigenvalue weighted by Gasteiger charge is -2.02. The number of hydrogen-bond acceptors (Lipinski definition) is 4. The lowest BCUT2D eigenvalue weighted by atomic mass is 10.3. The third-order valence-corrected chi connectivity index (χ3v) is 1.40. The van der Waals surface area contributed by atoms with Crippen molar-refractivity contribution < 1.29 is 9.90 Å². The van der Waals surface area contributed by atoms with Crippen LogP contribution in [0, 0.1) is 11.3 Å². The van der Waals surface area contributed by atoms with Crippen LogP contribution in [0.5, 0.6) is 0 Å². The highest BCUT2D eigenvalue weighted by atomic mass is 16.3. The normalized spacial score (nSPS) is 10.5. The second-order valence-electron chi connectivity index (χ2n) is 2.60. The van der Waals surface area contributed by atoms with Crippen LogP contribution in [0.4, 0.5) is 0 Å². The lowest BCUT2D eigenvalue weighted by molar-refractivity contribution is -0.117. The second kappa shape index (κ2) is 8.08. The van der Waals surface area contributed by atoms with E-state index in [2.05, 4.69) is 10.6 Å². The molecule has 0 radical (unpaired) electrons. The van der Waals surface area contributed by atoms with Crippen molar-refractivity contribution in [3.63, 3.8) is 0 Å².